The van der Waals surface area contributed by atoms with E-state index in [4.69, 9.17) is 17.3 Å². The van der Waals surface area contributed by atoms with E-state index in [2.05, 4.69) is 20.2 Å². The number of halogens is 5. The fourth-order valence-corrected chi connectivity index (χ4v) is 3.66. The molecule has 1 aliphatic rings. The SMILES string of the molecule is Nc1c(Nc2cc(C(F)(F)F)ccc2Cl)ncnc1N1CCN(c2ccc(F)cc2)CC1. The van der Waals surface area contributed by atoms with Crippen LogP contribution >= 0.6 is 11.6 Å². The molecule has 1 aliphatic heterocycles. The molecule has 0 unspecified atom stereocenters. The van der Waals surface area contributed by atoms with Gasteiger partial charge in [0.1, 0.15) is 17.8 Å². The van der Waals surface area contributed by atoms with Crippen molar-refractivity contribution in [3.8, 4) is 0 Å². The third-order valence-corrected chi connectivity index (χ3v) is 5.51. The number of hydrogen-bond acceptors (Lipinski definition) is 6. The van der Waals surface area contributed by atoms with Crippen molar-refractivity contribution in [3.05, 3.63) is 65.2 Å². The Morgan fingerprint density at radius 3 is 2.25 bits per heavy atom. The van der Waals surface area contributed by atoms with Crippen molar-refractivity contribution in [1.82, 2.24) is 9.97 Å². The van der Waals surface area contributed by atoms with Gasteiger partial charge in [-0.2, -0.15) is 13.2 Å². The molecule has 11 heteroatoms. The van der Waals surface area contributed by atoms with Crippen molar-refractivity contribution in [2.75, 3.05) is 47.0 Å². The van der Waals surface area contributed by atoms with Gasteiger partial charge in [0.15, 0.2) is 11.6 Å². The van der Waals surface area contributed by atoms with Gasteiger partial charge >= 0.3 is 6.18 Å². The molecule has 3 N–H and O–H groups in total. The fourth-order valence-electron chi connectivity index (χ4n) is 3.49. The highest BCUT2D eigenvalue weighted by molar-refractivity contribution is 6.33. The first-order valence-corrected chi connectivity index (χ1v) is 10.1. The average molecular weight is 467 g/mol. The predicted molar refractivity (Wildman–Crippen MR) is 117 cm³/mol. The van der Waals surface area contributed by atoms with Crippen LogP contribution in [-0.4, -0.2) is 36.1 Å². The van der Waals surface area contributed by atoms with Gasteiger partial charge in [-0.05, 0) is 42.5 Å². The normalized spacial score (nSPS) is 14.5. The van der Waals surface area contributed by atoms with Crippen LogP contribution in [0.1, 0.15) is 5.56 Å². The number of anilines is 5. The Morgan fingerprint density at radius 2 is 1.59 bits per heavy atom. The van der Waals surface area contributed by atoms with E-state index in [1.807, 2.05) is 4.90 Å². The summed E-state index contributed by atoms with van der Waals surface area (Å²) < 4.78 is 52.3. The molecule has 4 rings (SSSR count). The van der Waals surface area contributed by atoms with E-state index in [9.17, 15) is 17.6 Å². The number of aromatic nitrogens is 2. The van der Waals surface area contributed by atoms with Crippen molar-refractivity contribution in [2.45, 2.75) is 6.18 Å². The number of nitrogens with one attached hydrogen (secondary N) is 1. The maximum Gasteiger partial charge on any atom is 0.416 e. The topological polar surface area (TPSA) is 70.3 Å². The number of nitrogens with two attached hydrogens (primary N) is 1. The van der Waals surface area contributed by atoms with Gasteiger partial charge < -0.3 is 20.9 Å². The van der Waals surface area contributed by atoms with E-state index >= 15 is 0 Å². The Balaban J connectivity index is 1.51. The lowest BCUT2D eigenvalue weighted by Gasteiger charge is -2.37. The summed E-state index contributed by atoms with van der Waals surface area (Å²) >= 11 is 6.07. The van der Waals surface area contributed by atoms with E-state index in [0.29, 0.717) is 32.0 Å². The number of rotatable bonds is 4. The van der Waals surface area contributed by atoms with Gasteiger partial charge in [0, 0.05) is 31.9 Å². The fraction of sp³-hybridized carbons (Fsp3) is 0.238. The average Bonchev–Trinajstić information content (AvgIpc) is 2.76. The summed E-state index contributed by atoms with van der Waals surface area (Å²) in [5, 5.41) is 2.89. The van der Waals surface area contributed by atoms with E-state index in [-0.39, 0.29) is 28.0 Å². The van der Waals surface area contributed by atoms with Crippen LogP contribution in [0.3, 0.4) is 0 Å². The quantitative estimate of drug-likeness (QED) is 0.531. The monoisotopic (exact) mass is 466 g/mol. The lowest BCUT2D eigenvalue weighted by molar-refractivity contribution is -0.137. The number of hydrogen-bond donors (Lipinski definition) is 2. The number of alkyl halides is 3. The number of piperazine rings is 1. The third-order valence-electron chi connectivity index (χ3n) is 5.18. The molecule has 32 heavy (non-hydrogen) atoms. The van der Waals surface area contributed by atoms with Crippen LogP contribution in [0.2, 0.25) is 5.02 Å². The summed E-state index contributed by atoms with van der Waals surface area (Å²) in [5.41, 5.74) is 6.58. The van der Waals surface area contributed by atoms with Gasteiger partial charge in [0.25, 0.3) is 0 Å². The Morgan fingerprint density at radius 1 is 0.938 bits per heavy atom. The highest BCUT2D eigenvalue weighted by Crippen LogP contribution is 2.36. The Bertz CT molecular complexity index is 1100. The minimum Gasteiger partial charge on any atom is -0.393 e. The van der Waals surface area contributed by atoms with Crippen LogP contribution in [0.5, 0.6) is 0 Å². The second-order valence-corrected chi connectivity index (χ2v) is 7.63. The van der Waals surface area contributed by atoms with Crippen LogP contribution < -0.4 is 20.9 Å². The standard InChI is InChI=1S/C21H19ClF4N6/c22-16-6-1-13(21(24,25)26)11-17(16)30-19-18(27)20(29-12-28-19)32-9-7-31(8-10-32)15-4-2-14(23)3-5-15/h1-6,11-12H,7-10,27H2,(H,28,29,30). The molecular weight excluding hydrogens is 448 g/mol. The van der Waals surface area contributed by atoms with Crippen LogP contribution in [0.25, 0.3) is 0 Å². The third kappa shape index (κ3) is 4.64. The van der Waals surface area contributed by atoms with Crippen LogP contribution in [-0.2, 0) is 6.18 Å². The molecule has 6 nitrogen and oxygen atoms in total. The molecule has 0 amide bonds. The number of nitrogens with zero attached hydrogens (tertiary/aromatic N) is 4. The molecule has 0 atom stereocenters. The summed E-state index contributed by atoms with van der Waals surface area (Å²) in [5.74, 6) is 0.351. The smallest absolute Gasteiger partial charge is 0.393 e. The Kier molecular flexibility index (Phi) is 5.96. The van der Waals surface area contributed by atoms with E-state index < -0.39 is 11.7 Å². The minimum absolute atomic E-state index is 0.0407. The minimum atomic E-state index is -4.51. The molecule has 3 aromatic rings. The van der Waals surface area contributed by atoms with Crippen LogP contribution in [0.15, 0.2) is 48.8 Å². The van der Waals surface area contributed by atoms with E-state index in [1.54, 1.807) is 12.1 Å². The molecular formula is C21H19ClF4N6. The van der Waals surface area contributed by atoms with Gasteiger partial charge in [0.05, 0.1) is 16.3 Å². The van der Waals surface area contributed by atoms with Gasteiger partial charge in [-0.3, -0.25) is 0 Å². The molecule has 0 aliphatic carbocycles. The maximum atomic E-state index is 13.2. The first kappa shape index (κ1) is 21.9. The summed E-state index contributed by atoms with van der Waals surface area (Å²) in [6.45, 7) is 2.53. The van der Waals surface area contributed by atoms with Crippen molar-refractivity contribution < 1.29 is 17.6 Å². The highest BCUT2D eigenvalue weighted by Gasteiger charge is 2.31. The van der Waals surface area contributed by atoms with E-state index in [1.165, 1.54) is 24.5 Å². The van der Waals surface area contributed by atoms with Crippen molar-refractivity contribution >= 4 is 40.3 Å². The summed E-state index contributed by atoms with van der Waals surface area (Å²) in [7, 11) is 0. The zero-order valence-corrected chi connectivity index (χ0v) is 17.5. The first-order chi connectivity index (χ1) is 15.2. The Labute approximate surface area is 186 Å². The maximum absolute atomic E-state index is 13.2. The second kappa shape index (κ2) is 8.70. The summed E-state index contributed by atoms with van der Waals surface area (Å²) in [6.07, 6.45) is -3.21. The molecule has 1 saturated heterocycles. The number of nitrogen functional groups attached to an aromatic ring is 1. The predicted octanol–water partition coefficient (Wildman–Crippen LogP) is 4.94. The molecule has 2 aromatic carbocycles. The molecule has 1 aromatic heterocycles. The summed E-state index contributed by atoms with van der Waals surface area (Å²) in [6, 6.07) is 9.27. The molecule has 0 bridgehead atoms. The number of benzene rings is 2. The molecule has 1 fully saturated rings. The summed E-state index contributed by atoms with van der Waals surface area (Å²) in [4.78, 5) is 12.4. The Hall–Kier alpha value is -3.27. The highest BCUT2D eigenvalue weighted by atomic mass is 35.5. The van der Waals surface area contributed by atoms with Gasteiger partial charge in [0.2, 0.25) is 0 Å². The lowest BCUT2D eigenvalue weighted by atomic mass is 10.2. The first-order valence-electron chi connectivity index (χ1n) is 9.72. The van der Waals surface area contributed by atoms with Gasteiger partial charge in [-0.15, -0.1) is 0 Å². The van der Waals surface area contributed by atoms with Crippen molar-refractivity contribution in [1.29, 1.82) is 0 Å². The molecule has 0 radical (unpaired) electrons. The largest absolute Gasteiger partial charge is 0.416 e. The molecule has 0 spiro atoms. The zero-order valence-electron chi connectivity index (χ0n) is 16.7. The molecule has 168 valence electrons. The van der Waals surface area contributed by atoms with Crippen molar-refractivity contribution in [2.24, 2.45) is 0 Å². The van der Waals surface area contributed by atoms with Gasteiger partial charge in [-0.25, -0.2) is 14.4 Å². The van der Waals surface area contributed by atoms with Crippen LogP contribution in [0, 0.1) is 5.82 Å². The van der Waals surface area contributed by atoms with Crippen molar-refractivity contribution in [3.63, 3.8) is 0 Å². The second-order valence-electron chi connectivity index (χ2n) is 7.23. The van der Waals surface area contributed by atoms with Crippen LogP contribution in [0.4, 0.5) is 46.3 Å². The molecule has 2 heterocycles. The van der Waals surface area contributed by atoms with E-state index in [0.717, 1.165) is 17.8 Å². The molecule has 0 saturated carbocycles. The van der Waals surface area contributed by atoms with Gasteiger partial charge in [-0.1, -0.05) is 11.6 Å². The zero-order chi connectivity index (χ0) is 22.9. The lowest BCUT2D eigenvalue weighted by Crippen LogP contribution is -2.47.